The highest BCUT2D eigenvalue weighted by Gasteiger charge is 2.03. The van der Waals surface area contributed by atoms with Gasteiger partial charge in [-0.15, -0.1) is 0 Å². The van der Waals surface area contributed by atoms with Crippen molar-refractivity contribution in [1.82, 2.24) is 4.90 Å². The Bertz CT molecular complexity index is 412. The molecule has 4 heteroatoms. The van der Waals surface area contributed by atoms with Crippen molar-refractivity contribution in [3.8, 4) is 6.07 Å². The Morgan fingerprint density at radius 1 is 1.39 bits per heavy atom. The fourth-order valence-electron chi connectivity index (χ4n) is 1.68. The van der Waals surface area contributed by atoms with E-state index >= 15 is 0 Å². The summed E-state index contributed by atoms with van der Waals surface area (Å²) in [6.45, 7) is 4.90. The van der Waals surface area contributed by atoms with Gasteiger partial charge in [-0.25, -0.2) is 4.39 Å². The van der Waals surface area contributed by atoms with Crippen LogP contribution >= 0.6 is 0 Å². The zero-order valence-corrected chi connectivity index (χ0v) is 11.0. The number of rotatable bonds is 7. The number of likely N-dealkylation sites (N-methyl/N-ethyl adjacent to an activating group) is 1. The van der Waals surface area contributed by atoms with Gasteiger partial charge in [0.15, 0.2) is 0 Å². The lowest BCUT2D eigenvalue weighted by molar-refractivity contribution is 0.340. The minimum absolute atomic E-state index is 0.353. The van der Waals surface area contributed by atoms with Crippen molar-refractivity contribution in [1.29, 1.82) is 5.26 Å². The van der Waals surface area contributed by atoms with E-state index in [0.29, 0.717) is 11.3 Å². The van der Waals surface area contributed by atoms with Crippen LogP contribution in [0.3, 0.4) is 0 Å². The molecule has 0 saturated carbocycles. The predicted molar refractivity (Wildman–Crippen MR) is 72.0 cm³/mol. The van der Waals surface area contributed by atoms with Gasteiger partial charge in [0.05, 0.1) is 11.3 Å². The highest BCUT2D eigenvalue weighted by Crippen LogP contribution is 2.15. The average Bonchev–Trinajstić information content (AvgIpc) is 2.37. The molecule has 0 fully saturated rings. The summed E-state index contributed by atoms with van der Waals surface area (Å²) < 4.78 is 12.9. The Hall–Kier alpha value is -1.60. The van der Waals surface area contributed by atoms with Crippen LogP contribution < -0.4 is 5.32 Å². The highest BCUT2D eigenvalue weighted by atomic mass is 19.1. The lowest BCUT2D eigenvalue weighted by atomic mass is 10.2. The zero-order valence-electron chi connectivity index (χ0n) is 11.0. The number of hydrogen-bond donors (Lipinski definition) is 1. The average molecular weight is 249 g/mol. The molecule has 0 aliphatic rings. The molecule has 18 heavy (non-hydrogen) atoms. The number of benzene rings is 1. The van der Waals surface area contributed by atoms with E-state index in [0.717, 1.165) is 19.6 Å². The van der Waals surface area contributed by atoms with Gasteiger partial charge in [0.1, 0.15) is 11.9 Å². The molecule has 0 aliphatic heterocycles. The van der Waals surface area contributed by atoms with Crippen molar-refractivity contribution in [3.63, 3.8) is 0 Å². The molecular formula is C14H20FN3. The number of nitrogens with one attached hydrogen (secondary N) is 1. The Morgan fingerprint density at radius 2 is 2.17 bits per heavy atom. The summed E-state index contributed by atoms with van der Waals surface area (Å²) >= 11 is 0. The molecule has 0 heterocycles. The lowest BCUT2D eigenvalue weighted by Crippen LogP contribution is -2.26. The second kappa shape index (κ2) is 7.67. The van der Waals surface area contributed by atoms with Crippen LogP contribution in [0.25, 0.3) is 0 Å². The van der Waals surface area contributed by atoms with Crippen LogP contribution in [0, 0.1) is 17.1 Å². The van der Waals surface area contributed by atoms with Gasteiger partial charge in [-0.2, -0.15) is 5.26 Å². The summed E-state index contributed by atoms with van der Waals surface area (Å²) in [6, 6.07) is 6.22. The summed E-state index contributed by atoms with van der Waals surface area (Å²) in [7, 11) is 2.08. The van der Waals surface area contributed by atoms with Crippen LogP contribution in [0.2, 0.25) is 0 Å². The summed E-state index contributed by atoms with van der Waals surface area (Å²) in [6.07, 6.45) is 2.38. The molecule has 0 aliphatic carbocycles. The van der Waals surface area contributed by atoms with Gasteiger partial charge < -0.3 is 10.2 Å². The minimum atomic E-state index is -0.378. The van der Waals surface area contributed by atoms with Gasteiger partial charge >= 0.3 is 0 Å². The Balaban J connectivity index is 2.42. The Kier molecular flexibility index (Phi) is 6.16. The van der Waals surface area contributed by atoms with Gasteiger partial charge in [-0.3, -0.25) is 0 Å². The maximum Gasteiger partial charge on any atom is 0.124 e. The van der Waals surface area contributed by atoms with Crippen LogP contribution in [-0.2, 0) is 0 Å². The van der Waals surface area contributed by atoms with E-state index < -0.39 is 0 Å². The largest absolute Gasteiger partial charge is 0.383 e. The van der Waals surface area contributed by atoms with Crippen LogP contribution in [-0.4, -0.2) is 31.6 Å². The SMILES string of the molecule is CCCCN(C)CCNc1ccc(F)cc1C#N. The zero-order chi connectivity index (χ0) is 13.4. The number of nitrogens with zero attached hydrogens (tertiary/aromatic N) is 2. The summed E-state index contributed by atoms with van der Waals surface area (Å²) in [5.74, 6) is -0.378. The number of halogens is 1. The molecule has 0 saturated heterocycles. The van der Waals surface area contributed by atoms with Crippen LogP contribution in [0.5, 0.6) is 0 Å². The van der Waals surface area contributed by atoms with E-state index in [1.54, 1.807) is 6.07 Å². The number of hydrogen-bond acceptors (Lipinski definition) is 3. The van der Waals surface area contributed by atoms with E-state index in [1.165, 1.54) is 25.0 Å². The predicted octanol–water partition coefficient (Wildman–Crippen LogP) is 2.84. The second-order valence-corrected chi connectivity index (χ2v) is 4.39. The molecule has 1 aromatic carbocycles. The van der Waals surface area contributed by atoms with E-state index in [2.05, 4.69) is 24.2 Å². The van der Waals surface area contributed by atoms with E-state index in [-0.39, 0.29) is 5.82 Å². The van der Waals surface area contributed by atoms with Gasteiger partial charge in [-0.05, 0) is 38.2 Å². The van der Waals surface area contributed by atoms with E-state index in [4.69, 9.17) is 5.26 Å². The van der Waals surface area contributed by atoms with Gasteiger partial charge in [0.2, 0.25) is 0 Å². The molecular weight excluding hydrogens is 229 g/mol. The maximum absolute atomic E-state index is 12.9. The molecule has 98 valence electrons. The van der Waals surface area contributed by atoms with E-state index in [9.17, 15) is 4.39 Å². The minimum Gasteiger partial charge on any atom is -0.383 e. The molecule has 0 aromatic heterocycles. The first kappa shape index (κ1) is 14.5. The number of nitriles is 1. The van der Waals surface area contributed by atoms with Gasteiger partial charge in [0, 0.05) is 13.1 Å². The Morgan fingerprint density at radius 3 is 2.83 bits per heavy atom. The van der Waals surface area contributed by atoms with Gasteiger partial charge in [-0.1, -0.05) is 13.3 Å². The smallest absolute Gasteiger partial charge is 0.124 e. The first-order valence-electron chi connectivity index (χ1n) is 6.29. The van der Waals surface area contributed by atoms with Crippen molar-refractivity contribution in [3.05, 3.63) is 29.6 Å². The molecule has 1 aromatic rings. The quantitative estimate of drug-likeness (QED) is 0.807. The Labute approximate surface area is 108 Å². The molecule has 1 N–H and O–H groups in total. The summed E-state index contributed by atoms with van der Waals surface area (Å²) in [5, 5.41) is 12.1. The first-order chi connectivity index (χ1) is 8.67. The van der Waals surface area contributed by atoms with Crippen molar-refractivity contribution in [2.24, 2.45) is 0 Å². The molecule has 0 atom stereocenters. The van der Waals surface area contributed by atoms with Crippen molar-refractivity contribution >= 4 is 5.69 Å². The summed E-state index contributed by atoms with van der Waals surface area (Å²) in [5.41, 5.74) is 1.05. The third-order valence-electron chi connectivity index (χ3n) is 2.80. The molecule has 1 rings (SSSR count). The molecule has 3 nitrogen and oxygen atoms in total. The lowest BCUT2D eigenvalue weighted by Gasteiger charge is -2.17. The van der Waals surface area contributed by atoms with Crippen LogP contribution in [0.4, 0.5) is 10.1 Å². The van der Waals surface area contributed by atoms with E-state index in [1.807, 2.05) is 6.07 Å². The summed E-state index contributed by atoms with van der Waals surface area (Å²) in [4.78, 5) is 2.24. The standard InChI is InChI=1S/C14H20FN3/c1-3-4-8-18(2)9-7-17-14-6-5-13(15)10-12(14)11-16/h5-6,10,17H,3-4,7-9H2,1-2H3. The molecule has 0 bridgehead atoms. The second-order valence-electron chi connectivity index (χ2n) is 4.39. The number of anilines is 1. The van der Waals surface area contributed by atoms with Crippen LogP contribution in [0.15, 0.2) is 18.2 Å². The molecule has 0 amide bonds. The van der Waals surface area contributed by atoms with Crippen molar-refractivity contribution in [2.75, 3.05) is 32.0 Å². The molecule has 0 unspecified atom stereocenters. The fraction of sp³-hybridized carbons (Fsp3) is 0.500. The third-order valence-corrected chi connectivity index (χ3v) is 2.80. The normalized spacial score (nSPS) is 10.4. The number of unbranched alkanes of at least 4 members (excludes halogenated alkanes) is 1. The maximum atomic E-state index is 12.9. The van der Waals surface area contributed by atoms with Crippen molar-refractivity contribution in [2.45, 2.75) is 19.8 Å². The third kappa shape index (κ3) is 4.72. The molecule has 0 radical (unpaired) electrons. The highest BCUT2D eigenvalue weighted by molar-refractivity contribution is 5.57. The van der Waals surface area contributed by atoms with Gasteiger partial charge in [0.25, 0.3) is 0 Å². The van der Waals surface area contributed by atoms with Crippen molar-refractivity contribution < 1.29 is 4.39 Å². The topological polar surface area (TPSA) is 39.1 Å². The van der Waals surface area contributed by atoms with Crippen LogP contribution in [0.1, 0.15) is 25.3 Å². The fourth-order valence-corrected chi connectivity index (χ4v) is 1.68. The first-order valence-corrected chi connectivity index (χ1v) is 6.29. The molecule has 0 spiro atoms. The monoisotopic (exact) mass is 249 g/mol.